The Morgan fingerprint density at radius 2 is 1.81 bits per heavy atom. The Morgan fingerprint density at radius 1 is 1.19 bits per heavy atom. The molecule has 0 aromatic heterocycles. The molecule has 0 aliphatic rings. The van der Waals surface area contributed by atoms with E-state index in [9.17, 15) is 5.11 Å². The highest BCUT2D eigenvalue weighted by Gasteiger charge is 2.14. The zero-order valence-electron chi connectivity index (χ0n) is 11.3. The number of ether oxygens (including phenoxy) is 2. The molecule has 0 saturated carbocycles. The number of aliphatic hydroxyl groups excluding tert-OH is 1. The van der Waals surface area contributed by atoms with Crippen LogP contribution in [0.15, 0.2) is 0 Å². The maximum Gasteiger partial charge on any atom is 0.0900 e. The zero-order chi connectivity index (χ0) is 12.6. The molecule has 98 valence electrons. The molecule has 0 heterocycles. The summed E-state index contributed by atoms with van der Waals surface area (Å²) in [6.45, 7) is 10.7. The normalized spacial score (nSPS) is 14.1. The minimum Gasteiger partial charge on any atom is -0.389 e. The highest BCUT2D eigenvalue weighted by Crippen LogP contribution is 2.01. The van der Waals surface area contributed by atoms with E-state index < -0.39 is 6.10 Å². The molecule has 1 N–H and O–H groups in total. The van der Waals surface area contributed by atoms with E-state index in [4.69, 9.17) is 9.47 Å². The third-order valence-electron chi connectivity index (χ3n) is 2.38. The van der Waals surface area contributed by atoms with E-state index >= 15 is 0 Å². The van der Waals surface area contributed by atoms with E-state index in [1.165, 1.54) is 0 Å². The van der Waals surface area contributed by atoms with E-state index in [1.807, 2.05) is 13.8 Å². The molecule has 0 aromatic carbocycles. The SMILES string of the molecule is COCCN(CC(O)COC(C)C)C(C)C. The van der Waals surface area contributed by atoms with Gasteiger partial charge in [0, 0.05) is 26.2 Å². The highest BCUT2D eigenvalue weighted by molar-refractivity contribution is 4.68. The monoisotopic (exact) mass is 233 g/mol. The van der Waals surface area contributed by atoms with Gasteiger partial charge >= 0.3 is 0 Å². The summed E-state index contributed by atoms with van der Waals surface area (Å²) in [5.74, 6) is 0. The molecular weight excluding hydrogens is 206 g/mol. The van der Waals surface area contributed by atoms with E-state index in [2.05, 4.69) is 18.7 Å². The third-order valence-corrected chi connectivity index (χ3v) is 2.38. The standard InChI is InChI=1S/C12H27NO3/c1-10(2)13(6-7-15-5)8-12(14)9-16-11(3)4/h10-12,14H,6-9H2,1-5H3. The maximum atomic E-state index is 9.81. The third kappa shape index (κ3) is 8.05. The van der Waals surface area contributed by atoms with Crippen molar-refractivity contribution in [3.63, 3.8) is 0 Å². The lowest BCUT2D eigenvalue weighted by atomic mass is 10.2. The van der Waals surface area contributed by atoms with Crippen LogP contribution in [0.25, 0.3) is 0 Å². The van der Waals surface area contributed by atoms with Gasteiger partial charge in [0.15, 0.2) is 0 Å². The molecule has 16 heavy (non-hydrogen) atoms. The van der Waals surface area contributed by atoms with Gasteiger partial charge in [0.1, 0.15) is 0 Å². The molecule has 0 aliphatic carbocycles. The first-order valence-electron chi connectivity index (χ1n) is 6.00. The van der Waals surface area contributed by atoms with Crippen molar-refractivity contribution < 1.29 is 14.6 Å². The molecule has 0 fully saturated rings. The quantitative estimate of drug-likeness (QED) is 0.648. The average molecular weight is 233 g/mol. The molecule has 0 aliphatic heterocycles. The van der Waals surface area contributed by atoms with Crippen LogP contribution in [0.3, 0.4) is 0 Å². The molecule has 0 bridgehead atoms. The van der Waals surface area contributed by atoms with Crippen molar-refractivity contribution in [2.45, 2.75) is 45.9 Å². The van der Waals surface area contributed by atoms with Crippen LogP contribution in [0.4, 0.5) is 0 Å². The molecule has 0 spiro atoms. The van der Waals surface area contributed by atoms with Gasteiger partial charge in [0.05, 0.1) is 25.4 Å². The summed E-state index contributed by atoms with van der Waals surface area (Å²) in [6.07, 6.45) is -0.261. The van der Waals surface area contributed by atoms with Gasteiger partial charge in [-0.3, -0.25) is 4.90 Å². The van der Waals surface area contributed by atoms with Crippen molar-refractivity contribution in [1.82, 2.24) is 4.90 Å². The van der Waals surface area contributed by atoms with E-state index in [0.717, 1.165) is 6.54 Å². The molecule has 0 amide bonds. The van der Waals surface area contributed by atoms with Gasteiger partial charge in [0.25, 0.3) is 0 Å². The Bertz CT molecular complexity index is 162. The Labute approximate surface area is 99.5 Å². The summed E-state index contributed by atoms with van der Waals surface area (Å²) in [4.78, 5) is 2.19. The summed E-state index contributed by atoms with van der Waals surface area (Å²) in [5, 5.41) is 9.81. The van der Waals surface area contributed by atoms with E-state index in [-0.39, 0.29) is 6.10 Å². The van der Waals surface area contributed by atoms with Gasteiger partial charge in [-0.05, 0) is 27.7 Å². The summed E-state index contributed by atoms with van der Waals surface area (Å²) in [5.41, 5.74) is 0. The van der Waals surface area contributed by atoms with Crippen molar-refractivity contribution in [3.05, 3.63) is 0 Å². The first kappa shape index (κ1) is 15.8. The lowest BCUT2D eigenvalue weighted by Gasteiger charge is -2.28. The number of aliphatic hydroxyl groups is 1. The fraction of sp³-hybridized carbons (Fsp3) is 1.00. The van der Waals surface area contributed by atoms with Gasteiger partial charge in [-0.15, -0.1) is 0 Å². The van der Waals surface area contributed by atoms with Crippen molar-refractivity contribution in [2.75, 3.05) is 33.4 Å². The fourth-order valence-electron chi connectivity index (χ4n) is 1.40. The second-order valence-electron chi connectivity index (χ2n) is 4.62. The molecular formula is C12H27NO3. The van der Waals surface area contributed by atoms with E-state index in [1.54, 1.807) is 7.11 Å². The van der Waals surface area contributed by atoms with Crippen LogP contribution >= 0.6 is 0 Å². The predicted molar refractivity (Wildman–Crippen MR) is 65.7 cm³/mol. The lowest BCUT2D eigenvalue weighted by Crippen LogP contribution is -2.41. The molecule has 0 saturated heterocycles. The van der Waals surface area contributed by atoms with Crippen molar-refractivity contribution in [2.24, 2.45) is 0 Å². The van der Waals surface area contributed by atoms with Gasteiger partial charge in [0.2, 0.25) is 0 Å². The molecule has 0 rings (SSSR count). The Morgan fingerprint density at radius 3 is 2.25 bits per heavy atom. The number of nitrogens with zero attached hydrogens (tertiary/aromatic N) is 1. The minimum atomic E-state index is -0.429. The average Bonchev–Trinajstić information content (AvgIpc) is 2.20. The summed E-state index contributed by atoms with van der Waals surface area (Å²) in [7, 11) is 1.69. The van der Waals surface area contributed by atoms with Crippen LogP contribution in [0.5, 0.6) is 0 Å². The number of hydrogen-bond acceptors (Lipinski definition) is 4. The van der Waals surface area contributed by atoms with Crippen LogP contribution in [-0.4, -0.2) is 61.7 Å². The Hall–Kier alpha value is -0.160. The lowest BCUT2D eigenvalue weighted by molar-refractivity contribution is -0.0153. The van der Waals surface area contributed by atoms with Gasteiger partial charge in [-0.1, -0.05) is 0 Å². The Kier molecular flexibility index (Phi) is 8.84. The first-order chi connectivity index (χ1) is 7.47. The molecule has 4 nitrogen and oxygen atoms in total. The first-order valence-corrected chi connectivity index (χ1v) is 6.00. The van der Waals surface area contributed by atoms with Crippen molar-refractivity contribution >= 4 is 0 Å². The molecule has 0 radical (unpaired) electrons. The topological polar surface area (TPSA) is 41.9 Å². The number of methoxy groups -OCH3 is 1. The molecule has 4 heteroatoms. The second kappa shape index (κ2) is 8.93. The summed E-state index contributed by atoms with van der Waals surface area (Å²) in [6, 6.07) is 0.406. The van der Waals surface area contributed by atoms with Gasteiger partial charge in [-0.25, -0.2) is 0 Å². The highest BCUT2D eigenvalue weighted by atomic mass is 16.5. The molecule has 1 unspecified atom stereocenters. The molecule has 1 atom stereocenters. The van der Waals surface area contributed by atoms with Crippen molar-refractivity contribution in [3.8, 4) is 0 Å². The minimum absolute atomic E-state index is 0.168. The van der Waals surface area contributed by atoms with Crippen LogP contribution in [-0.2, 0) is 9.47 Å². The largest absolute Gasteiger partial charge is 0.389 e. The molecule has 0 aromatic rings. The van der Waals surface area contributed by atoms with Crippen LogP contribution in [0.1, 0.15) is 27.7 Å². The van der Waals surface area contributed by atoms with Gasteiger partial charge < -0.3 is 14.6 Å². The van der Waals surface area contributed by atoms with Crippen LogP contribution in [0.2, 0.25) is 0 Å². The maximum absolute atomic E-state index is 9.81. The smallest absolute Gasteiger partial charge is 0.0900 e. The summed E-state index contributed by atoms with van der Waals surface area (Å²) >= 11 is 0. The van der Waals surface area contributed by atoms with Crippen LogP contribution < -0.4 is 0 Å². The number of rotatable bonds is 9. The number of hydrogen-bond donors (Lipinski definition) is 1. The second-order valence-corrected chi connectivity index (χ2v) is 4.62. The van der Waals surface area contributed by atoms with E-state index in [0.29, 0.717) is 25.8 Å². The fourth-order valence-corrected chi connectivity index (χ4v) is 1.40. The van der Waals surface area contributed by atoms with Gasteiger partial charge in [-0.2, -0.15) is 0 Å². The summed E-state index contributed by atoms with van der Waals surface area (Å²) < 4.78 is 10.4. The Balaban J connectivity index is 3.88. The predicted octanol–water partition coefficient (Wildman–Crippen LogP) is 1.13. The zero-order valence-corrected chi connectivity index (χ0v) is 11.3. The van der Waals surface area contributed by atoms with Crippen LogP contribution in [0, 0.1) is 0 Å². The van der Waals surface area contributed by atoms with Crippen molar-refractivity contribution in [1.29, 1.82) is 0 Å².